The first-order valence-corrected chi connectivity index (χ1v) is 14.7. The van der Waals surface area contributed by atoms with Gasteiger partial charge in [0, 0.05) is 18.4 Å². The van der Waals surface area contributed by atoms with Crippen LogP contribution in [0.2, 0.25) is 0 Å². The van der Waals surface area contributed by atoms with Crippen LogP contribution < -0.4 is 10.1 Å². The van der Waals surface area contributed by atoms with Crippen LogP contribution in [0.15, 0.2) is 41.5 Å². The summed E-state index contributed by atoms with van der Waals surface area (Å²) < 4.78 is 27.9. The number of benzene rings is 2. The standard InChI is InChI=1S/C31H42N4O8/c1-23(36)34-29(22-31(37)38)25-8-6-24(7-9-25)26-10-11-30(28-5-3-2-4-27(26)28)43-21-20-42-19-18-41-17-16-40-15-14-39-13-12-33-35-32/h6-11,29H,2-5,12-22H2,1H3,(H,34,36)(H,37,38)/t29-/m0/s1. The molecule has 2 aromatic carbocycles. The number of aliphatic carboxylic acids is 1. The number of carbonyl (C=O) groups excluding carboxylic acids is 1. The SMILES string of the molecule is CC(=O)N[C@@H](CC(=O)O)c1ccc(-c2ccc(OCCOCCOCCOCCOCCN=[N+]=[N-])c3c2CCCC3)cc1. The highest BCUT2D eigenvalue weighted by molar-refractivity contribution is 5.76. The number of carboxylic acid groups (broad SMARTS) is 1. The first-order chi connectivity index (χ1) is 21.0. The molecule has 1 aliphatic rings. The zero-order valence-electron chi connectivity index (χ0n) is 24.8. The topological polar surface area (TPSA) is 161 Å². The van der Waals surface area contributed by atoms with Crippen molar-refractivity contribution < 1.29 is 38.4 Å². The zero-order valence-corrected chi connectivity index (χ0v) is 24.8. The summed E-state index contributed by atoms with van der Waals surface area (Å²) in [6, 6.07) is 11.3. The predicted molar refractivity (Wildman–Crippen MR) is 160 cm³/mol. The molecule has 12 nitrogen and oxygen atoms in total. The van der Waals surface area contributed by atoms with E-state index in [0.717, 1.165) is 48.1 Å². The van der Waals surface area contributed by atoms with E-state index in [1.807, 2.05) is 30.3 Å². The van der Waals surface area contributed by atoms with Crippen molar-refractivity contribution in [1.82, 2.24) is 5.32 Å². The highest BCUT2D eigenvalue weighted by Gasteiger charge is 2.20. The van der Waals surface area contributed by atoms with Crippen molar-refractivity contribution in [2.24, 2.45) is 5.11 Å². The molecule has 0 heterocycles. The van der Waals surface area contributed by atoms with Crippen LogP contribution in [-0.4, -0.2) is 83.0 Å². The van der Waals surface area contributed by atoms with Gasteiger partial charge in [-0.25, -0.2) is 0 Å². The number of nitrogens with zero attached hydrogens (tertiary/aromatic N) is 3. The number of carboxylic acids is 1. The lowest BCUT2D eigenvalue weighted by atomic mass is 9.85. The summed E-state index contributed by atoms with van der Waals surface area (Å²) in [5.74, 6) is -0.339. The lowest BCUT2D eigenvalue weighted by Crippen LogP contribution is -2.27. The molecular weight excluding hydrogens is 556 g/mol. The van der Waals surface area contributed by atoms with E-state index in [4.69, 9.17) is 29.2 Å². The molecule has 0 aromatic heterocycles. The second kappa shape index (κ2) is 19.5. The molecule has 0 unspecified atom stereocenters. The van der Waals surface area contributed by atoms with Gasteiger partial charge in [0.1, 0.15) is 12.4 Å². The Morgan fingerprint density at radius 3 is 2.02 bits per heavy atom. The van der Waals surface area contributed by atoms with E-state index >= 15 is 0 Å². The number of hydrogen-bond donors (Lipinski definition) is 2. The summed E-state index contributed by atoms with van der Waals surface area (Å²) in [6.45, 7) is 5.76. The average Bonchev–Trinajstić information content (AvgIpc) is 3.00. The lowest BCUT2D eigenvalue weighted by Gasteiger charge is -2.23. The first kappa shape index (κ1) is 33.8. The van der Waals surface area contributed by atoms with Gasteiger partial charge >= 0.3 is 5.97 Å². The molecule has 0 bridgehead atoms. The van der Waals surface area contributed by atoms with E-state index < -0.39 is 12.0 Å². The molecule has 0 spiro atoms. The predicted octanol–water partition coefficient (Wildman–Crippen LogP) is 4.64. The van der Waals surface area contributed by atoms with Crippen molar-refractivity contribution >= 4 is 11.9 Å². The summed E-state index contributed by atoms with van der Waals surface area (Å²) in [7, 11) is 0. The van der Waals surface area contributed by atoms with Crippen LogP contribution in [-0.2, 0) is 41.4 Å². The Kier molecular flexibility index (Phi) is 15.3. The van der Waals surface area contributed by atoms with Gasteiger partial charge in [0.15, 0.2) is 0 Å². The number of fused-ring (bicyclic) bond motifs is 1. The van der Waals surface area contributed by atoms with Gasteiger partial charge < -0.3 is 34.1 Å². The third kappa shape index (κ3) is 12.2. The summed E-state index contributed by atoms with van der Waals surface area (Å²) in [5.41, 5.74) is 13.7. The maximum absolute atomic E-state index is 11.6. The molecule has 0 saturated carbocycles. The largest absolute Gasteiger partial charge is 0.491 e. The van der Waals surface area contributed by atoms with Crippen molar-refractivity contribution in [2.75, 3.05) is 66.0 Å². The molecule has 0 fully saturated rings. The summed E-state index contributed by atoms with van der Waals surface area (Å²) in [5, 5.41) is 15.4. The minimum atomic E-state index is -0.965. The fourth-order valence-corrected chi connectivity index (χ4v) is 4.93. The number of amides is 1. The Balaban J connectivity index is 1.40. The molecule has 3 rings (SSSR count). The zero-order chi connectivity index (χ0) is 30.7. The van der Waals surface area contributed by atoms with Crippen molar-refractivity contribution in [2.45, 2.75) is 45.1 Å². The van der Waals surface area contributed by atoms with Gasteiger partial charge in [-0.3, -0.25) is 9.59 Å². The van der Waals surface area contributed by atoms with Crippen molar-refractivity contribution in [3.63, 3.8) is 0 Å². The smallest absolute Gasteiger partial charge is 0.305 e. The number of azide groups is 1. The van der Waals surface area contributed by atoms with E-state index in [2.05, 4.69) is 21.4 Å². The molecule has 2 aromatic rings. The minimum absolute atomic E-state index is 0.174. The van der Waals surface area contributed by atoms with Crippen LogP contribution in [0.3, 0.4) is 0 Å². The van der Waals surface area contributed by atoms with E-state index in [9.17, 15) is 14.7 Å². The number of ether oxygens (including phenoxy) is 5. The second-order valence-corrected chi connectivity index (χ2v) is 10.0. The Hall–Kier alpha value is -3.67. The van der Waals surface area contributed by atoms with Gasteiger partial charge in [-0.1, -0.05) is 35.4 Å². The van der Waals surface area contributed by atoms with Crippen molar-refractivity contribution in [1.29, 1.82) is 0 Å². The summed E-state index contributed by atoms with van der Waals surface area (Å²) in [4.78, 5) is 25.5. The average molecular weight is 599 g/mol. The Bertz CT molecular complexity index is 1190. The fourth-order valence-electron chi connectivity index (χ4n) is 4.93. The van der Waals surface area contributed by atoms with Gasteiger partial charge in [0.2, 0.25) is 5.91 Å². The highest BCUT2D eigenvalue weighted by Crippen LogP contribution is 2.37. The Morgan fingerprint density at radius 1 is 0.860 bits per heavy atom. The Morgan fingerprint density at radius 2 is 1.44 bits per heavy atom. The first-order valence-electron chi connectivity index (χ1n) is 14.7. The molecule has 2 N–H and O–H groups in total. The molecule has 1 amide bonds. The maximum Gasteiger partial charge on any atom is 0.305 e. The van der Waals surface area contributed by atoms with Gasteiger partial charge in [-0.15, -0.1) is 0 Å². The number of rotatable bonds is 21. The molecule has 1 atom stereocenters. The van der Waals surface area contributed by atoms with Crippen molar-refractivity contribution in [3.8, 4) is 16.9 Å². The van der Waals surface area contributed by atoms with Crippen LogP contribution in [0.1, 0.15) is 48.9 Å². The molecule has 12 heteroatoms. The quantitative estimate of drug-likeness (QED) is 0.0909. The molecular formula is C31H42N4O8. The lowest BCUT2D eigenvalue weighted by molar-refractivity contribution is -0.137. The van der Waals surface area contributed by atoms with E-state index in [1.165, 1.54) is 18.1 Å². The molecule has 0 radical (unpaired) electrons. The fraction of sp³-hybridized carbons (Fsp3) is 0.548. The highest BCUT2D eigenvalue weighted by atomic mass is 16.6. The number of nitrogens with one attached hydrogen (secondary N) is 1. The van der Waals surface area contributed by atoms with E-state index in [1.54, 1.807) is 0 Å². The number of hydrogen-bond acceptors (Lipinski definition) is 8. The van der Waals surface area contributed by atoms with Crippen LogP contribution in [0.4, 0.5) is 0 Å². The number of carbonyl (C=O) groups is 2. The van der Waals surface area contributed by atoms with Crippen LogP contribution >= 0.6 is 0 Å². The molecule has 234 valence electrons. The van der Waals surface area contributed by atoms with Crippen LogP contribution in [0.25, 0.3) is 21.6 Å². The molecule has 1 aliphatic carbocycles. The van der Waals surface area contributed by atoms with Gasteiger partial charge in [-0.2, -0.15) is 0 Å². The minimum Gasteiger partial charge on any atom is -0.491 e. The Labute approximate surface area is 252 Å². The van der Waals surface area contributed by atoms with Crippen LogP contribution in [0.5, 0.6) is 5.75 Å². The third-order valence-electron chi connectivity index (χ3n) is 6.87. The molecule has 0 saturated heterocycles. The van der Waals surface area contributed by atoms with Gasteiger partial charge in [-0.05, 0) is 65.1 Å². The maximum atomic E-state index is 11.6. The third-order valence-corrected chi connectivity index (χ3v) is 6.87. The van der Waals surface area contributed by atoms with Gasteiger partial charge in [0.05, 0.1) is 65.3 Å². The molecule has 43 heavy (non-hydrogen) atoms. The van der Waals surface area contributed by atoms with E-state index in [0.29, 0.717) is 66.0 Å². The monoisotopic (exact) mass is 598 g/mol. The van der Waals surface area contributed by atoms with Crippen molar-refractivity contribution in [3.05, 3.63) is 63.5 Å². The normalized spacial score (nSPS) is 13.0. The molecule has 0 aliphatic heterocycles. The summed E-state index contributed by atoms with van der Waals surface area (Å²) in [6.07, 6.45) is 3.98. The van der Waals surface area contributed by atoms with Gasteiger partial charge in [0.25, 0.3) is 0 Å². The van der Waals surface area contributed by atoms with Crippen LogP contribution in [0, 0.1) is 0 Å². The summed E-state index contributed by atoms with van der Waals surface area (Å²) >= 11 is 0. The second-order valence-electron chi connectivity index (χ2n) is 10.0. The van der Waals surface area contributed by atoms with E-state index in [-0.39, 0.29) is 12.3 Å².